The summed E-state index contributed by atoms with van der Waals surface area (Å²) < 4.78 is 4.77. The molecule has 0 aromatic carbocycles. The highest BCUT2D eigenvalue weighted by Crippen LogP contribution is 2.55. The van der Waals surface area contributed by atoms with Crippen molar-refractivity contribution in [3.63, 3.8) is 0 Å². The van der Waals surface area contributed by atoms with Gasteiger partial charge in [0.25, 0.3) is 0 Å². The average molecular weight is 198 g/mol. The minimum Gasteiger partial charge on any atom is -0.480 e. The molecule has 0 radical (unpaired) electrons. The lowest BCUT2D eigenvalue weighted by Crippen LogP contribution is -2.29. The molecule has 78 valence electrons. The van der Waals surface area contributed by atoms with Crippen molar-refractivity contribution in [2.45, 2.75) is 19.8 Å². The van der Waals surface area contributed by atoms with E-state index < -0.39 is 17.4 Å². The molecule has 14 heavy (non-hydrogen) atoms. The number of hydrogen-bond donors (Lipinski definition) is 1. The normalized spacial score (nSPS) is 29.4. The fraction of sp³-hybridized carbons (Fsp3) is 0.600. The van der Waals surface area contributed by atoms with E-state index in [4.69, 9.17) is 9.84 Å². The summed E-state index contributed by atoms with van der Waals surface area (Å²) in [5.41, 5.74) is -1.27. The van der Waals surface area contributed by atoms with E-state index in [2.05, 4.69) is 6.58 Å². The smallest absolute Gasteiger partial charge is 0.324 e. The first-order chi connectivity index (χ1) is 6.59. The van der Waals surface area contributed by atoms with Gasteiger partial charge in [0, 0.05) is 0 Å². The number of carboxylic acids is 1. The third kappa shape index (κ3) is 1.52. The average Bonchev–Trinajstić information content (AvgIpc) is 2.89. The minimum atomic E-state index is -1.27. The van der Waals surface area contributed by atoms with Crippen molar-refractivity contribution in [1.29, 1.82) is 0 Å². The van der Waals surface area contributed by atoms with Crippen LogP contribution in [0.2, 0.25) is 0 Å². The first-order valence-corrected chi connectivity index (χ1v) is 4.61. The van der Waals surface area contributed by atoms with Gasteiger partial charge in [-0.05, 0) is 12.3 Å². The van der Waals surface area contributed by atoms with E-state index in [0.717, 1.165) is 0 Å². The van der Waals surface area contributed by atoms with Crippen molar-refractivity contribution in [3.05, 3.63) is 12.7 Å². The Morgan fingerprint density at radius 1 is 1.71 bits per heavy atom. The number of aliphatic carboxylic acids is 1. The molecule has 0 aromatic heterocycles. The van der Waals surface area contributed by atoms with Crippen molar-refractivity contribution >= 4 is 11.9 Å². The summed E-state index contributed by atoms with van der Waals surface area (Å²) in [5.74, 6) is -1.77. The predicted octanol–water partition coefficient (Wildman–Crippen LogP) is 1.22. The zero-order chi connectivity index (χ0) is 10.8. The number of rotatable bonds is 5. The Morgan fingerprint density at radius 3 is 2.71 bits per heavy atom. The number of carbonyl (C=O) groups excluding carboxylic acids is 1. The zero-order valence-electron chi connectivity index (χ0n) is 8.16. The molecular weight excluding hydrogens is 184 g/mol. The van der Waals surface area contributed by atoms with Gasteiger partial charge < -0.3 is 9.84 Å². The van der Waals surface area contributed by atoms with Crippen LogP contribution in [0, 0.1) is 11.3 Å². The highest BCUT2D eigenvalue weighted by Gasteiger charge is 2.66. The summed E-state index contributed by atoms with van der Waals surface area (Å²) in [6.45, 7) is 5.34. The topological polar surface area (TPSA) is 63.6 Å². The van der Waals surface area contributed by atoms with Crippen LogP contribution in [0.3, 0.4) is 0 Å². The van der Waals surface area contributed by atoms with E-state index in [1.165, 1.54) is 6.08 Å². The van der Waals surface area contributed by atoms with E-state index >= 15 is 0 Å². The first-order valence-electron chi connectivity index (χ1n) is 4.61. The zero-order valence-corrected chi connectivity index (χ0v) is 8.16. The van der Waals surface area contributed by atoms with E-state index in [-0.39, 0.29) is 12.5 Å². The molecule has 2 atom stereocenters. The van der Waals surface area contributed by atoms with Crippen LogP contribution >= 0.6 is 0 Å². The third-order valence-electron chi connectivity index (χ3n) is 2.68. The fourth-order valence-corrected chi connectivity index (χ4v) is 1.69. The second kappa shape index (κ2) is 3.82. The van der Waals surface area contributed by atoms with Crippen LogP contribution < -0.4 is 0 Å². The molecule has 0 aromatic rings. The van der Waals surface area contributed by atoms with Crippen molar-refractivity contribution < 1.29 is 19.4 Å². The monoisotopic (exact) mass is 198 g/mol. The summed E-state index contributed by atoms with van der Waals surface area (Å²) in [6.07, 6.45) is 2.51. The van der Waals surface area contributed by atoms with Gasteiger partial charge >= 0.3 is 11.9 Å². The molecule has 0 aliphatic heterocycles. The highest BCUT2D eigenvalue weighted by atomic mass is 16.5. The quantitative estimate of drug-likeness (QED) is 0.410. The Balaban J connectivity index is 2.67. The summed E-state index contributed by atoms with van der Waals surface area (Å²) in [6, 6.07) is 0. The third-order valence-corrected chi connectivity index (χ3v) is 2.68. The molecule has 1 saturated carbocycles. The van der Waals surface area contributed by atoms with E-state index in [0.29, 0.717) is 12.8 Å². The molecule has 2 unspecified atom stereocenters. The first kappa shape index (κ1) is 10.8. The molecule has 0 saturated heterocycles. The maximum atomic E-state index is 11.4. The minimum absolute atomic E-state index is 0.0719. The molecule has 0 bridgehead atoms. The van der Waals surface area contributed by atoms with Crippen LogP contribution in [0.5, 0.6) is 0 Å². The Morgan fingerprint density at radius 2 is 2.36 bits per heavy atom. The molecule has 0 amide bonds. The Hall–Kier alpha value is -1.32. The number of ether oxygens (including phenoxy) is 1. The second-order valence-corrected chi connectivity index (χ2v) is 3.47. The summed E-state index contributed by atoms with van der Waals surface area (Å²) in [4.78, 5) is 22.4. The van der Waals surface area contributed by atoms with Crippen molar-refractivity contribution in [2.75, 3.05) is 6.61 Å². The maximum Gasteiger partial charge on any atom is 0.324 e. The van der Waals surface area contributed by atoms with Gasteiger partial charge in [0.2, 0.25) is 0 Å². The maximum absolute atomic E-state index is 11.4. The Labute approximate surface area is 82.6 Å². The standard InChI is InChI=1S/C10H14O4/c1-3-5-14-9(13)10(8(11)12)6-7(10)4-2/h3,7H,1,4-6H2,2H3,(H,11,12). The van der Waals surface area contributed by atoms with Gasteiger partial charge in [-0.1, -0.05) is 26.0 Å². The molecule has 4 heteroatoms. The highest BCUT2D eigenvalue weighted by molar-refractivity contribution is 6.03. The lowest BCUT2D eigenvalue weighted by molar-refractivity contribution is -0.161. The van der Waals surface area contributed by atoms with Crippen LogP contribution in [-0.4, -0.2) is 23.7 Å². The summed E-state index contributed by atoms with van der Waals surface area (Å²) in [7, 11) is 0. The summed E-state index contributed by atoms with van der Waals surface area (Å²) in [5, 5.41) is 8.95. The van der Waals surface area contributed by atoms with Crippen LogP contribution in [0.4, 0.5) is 0 Å². The van der Waals surface area contributed by atoms with Crippen LogP contribution in [0.15, 0.2) is 12.7 Å². The van der Waals surface area contributed by atoms with Crippen molar-refractivity contribution in [2.24, 2.45) is 11.3 Å². The summed E-state index contributed by atoms with van der Waals surface area (Å²) >= 11 is 0. The Bertz CT molecular complexity index is 271. The molecule has 0 spiro atoms. The molecule has 1 N–H and O–H groups in total. The van der Waals surface area contributed by atoms with Crippen LogP contribution in [0.25, 0.3) is 0 Å². The van der Waals surface area contributed by atoms with Gasteiger partial charge in [-0.15, -0.1) is 0 Å². The van der Waals surface area contributed by atoms with E-state index in [1.54, 1.807) is 0 Å². The van der Waals surface area contributed by atoms with Gasteiger partial charge in [0.05, 0.1) is 0 Å². The van der Waals surface area contributed by atoms with Crippen molar-refractivity contribution in [3.8, 4) is 0 Å². The van der Waals surface area contributed by atoms with Gasteiger partial charge in [-0.25, -0.2) is 0 Å². The molecule has 4 nitrogen and oxygen atoms in total. The Kier molecular flexibility index (Phi) is 2.93. The SMILES string of the molecule is C=CCOC(=O)C1(C(=O)O)CC1CC. The van der Waals surface area contributed by atoms with Crippen molar-refractivity contribution in [1.82, 2.24) is 0 Å². The van der Waals surface area contributed by atoms with Gasteiger partial charge in [0.1, 0.15) is 6.61 Å². The van der Waals surface area contributed by atoms with E-state index in [9.17, 15) is 9.59 Å². The fourth-order valence-electron chi connectivity index (χ4n) is 1.69. The van der Waals surface area contributed by atoms with Crippen LogP contribution in [-0.2, 0) is 14.3 Å². The van der Waals surface area contributed by atoms with Gasteiger partial charge in [0.15, 0.2) is 5.41 Å². The number of esters is 1. The molecule has 1 aliphatic carbocycles. The predicted molar refractivity (Wildman–Crippen MR) is 49.6 cm³/mol. The largest absolute Gasteiger partial charge is 0.480 e. The molecule has 1 rings (SSSR count). The molecular formula is C10H14O4. The van der Waals surface area contributed by atoms with Gasteiger partial charge in [-0.2, -0.15) is 0 Å². The molecule has 0 heterocycles. The second-order valence-electron chi connectivity index (χ2n) is 3.47. The molecule has 1 fully saturated rings. The molecule has 1 aliphatic rings. The van der Waals surface area contributed by atoms with E-state index in [1.807, 2.05) is 6.92 Å². The lowest BCUT2D eigenvalue weighted by Gasteiger charge is -2.10. The number of carbonyl (C=O) groups is 2. The number of carboxylic acid groups (broad SMARTS) is 1. The van der Waals surface area contributed by atoms with Gasteiger partial charge in [-0.3, -0.25) is 9.59 Å². The number of hydrogen-bond acceptors (Lipinski definition) is 3. The van der Waals surface area contributed by atoms with Crippen LogP contribution in [0.1, 0.15) is 19.8 Å². The lowest BCUT2D eigenvalue weighted by atomic mass is 10.0.